The van der Waals surface area contributed by atoms with Crippen LogP contribution in [0.4, 0.5) is 32.2 Å². The number of aromatic amines is 6. The van der Waals surface area contributed by atoms with Crippen LogP contribution in [0, 0.1) is 10.1 Å². The first-order valence-corrected chi connectivity index (χ1v) is 45.8. The number of nitrogens with zero attached hydrogens (tertiary/aromatic N) is 12. The molecular weight excluding hydrogens is 1940 g/mol. The molecule has 0 saturated carbocycles. The first-order valence-electron chi connectivity index (χ1n) is 45.0. The summed E-state index contributed by atoms with van der Waals surface area (Å²) in [6, 6.07) is 95.0. The third-order valence-corrected chi connectivity index (χ3v) is 21.5. The monoisotopic (exact) mass is 2020 g/mol. The summed E-state index contributed by atoms with van der Waals surface area (Å²) >= 11 is 11.8. The van der Waals surface area contributed by atoms with Crippen LogP contribution in [0.25, 0.3) is 108 Å². The molecule has 0 aliphatic carbocycles. The summed E-state index contributed by atoms with van der Waals surface area (Å²) in [6.45, 7) is 0.296. The largest absolute Gasteiger partial charge is 0.497 e. The minimum atomic E-state index is -4.38. The number of nitro groups is 1. The molecule has 6 N–H and O–H groups in total. The lowest BCUT2D eigenvalue weighted by atomic mass is 10.1. The molecule has 0 unspecified atom stereocenters. The van der Waals surface area contributed by atoms with Crippen LogP contribution in [0.1, 0.15) is 133 Å². The highest BCUT2D eigenvalue weighted by Crippen LogP contribution is 2.38. The number of para-hydroxylation sites is 2. The first kappa shape index (κ1) is 104. The molecule has 0 bridgehead atoms. The van der Waals surface area contributed by atoms with Gasteiger partial charge in [0.15, 0.2) is 11.5 Å². The molecule has 21 rings (SSSR count). The lowest BCUT2D eigenvalue weighted by Crippen LogP contribution is -2.13. The molecule has 10 aromatic carbocycles. The van der Waals surface area contributed by atoms with Crippen LogP contribution in [0.2, 0.25) is 10.0 Å². The van der Waals surface area contributed by atoms with Crippen LogP contribution >= 0.6 is 23.2 Å². The van der Waals surface area contributed by atoms with E-state index in [1.807, 2.05) is 218 Å². The molecule has 11 heterocycles. The van der Waals surface area contributed by atoms with E-state index < -0.39 is 28.4 Å². The summed E-state index contributed by atoms with van der Waals surface area (Å²) in [5, 5.41) is 57.7. The number of benzene rings is 10. The van der Waals surface area contributed by atoms with Crippen molar-refractivity contribution in [2.45, 2.75) is 12.4 Å². The van der Waals surface area contributed by atoms with E-state index >= 15 is 0 Å². The van der Waals surface area contributed by atoms with E-state index in [-0.39, 0.29) is 34.2 Å². The molecule has 0 radical (unpaired) electrons. The van der Waals surface area contributed by atoms with Gasteiger partial charge >= 0.3 is 18.2 Å². The van der Waals surface area contributed by atoms with Gasteiger partial charge in [0.1, 0.15) is 16.4 Å². The summed E-state index contributed by atoms with van der Waals surface area (Å²) in [5.41, 5.74) is 13.7. The molecule has 20 aromatic rings. The van der Waals surface area contributed by atoms with Gasteiger partial charge in [0, 0.05) is 82.5 Å². The van der Waals surface area contributed by atoms with Crippen molar-refractivity contribution in [3.8, 4) is 17.2 Å². The maximum Gasteiger partial charge on any atom is 0.433 e. The van der Waals surface area contributed by atoms with Crippen molar-refractivity contribution in [1.29, 1.82) is 0 Å². The van der Waals surface area contributed by atoms with Crippen molar-refractivity contribution in [3.05, 3.63) is 509 Å². The van der Waals surface area contributed by atoms with E-state index in [1.54, 1.807) is 178 Å². The molecule has 0 fully saturated rings. The molecule has 1 aliphatic heterocycles. The number of alkyl halides is 6. The van der Waals surface area contributed by atoms with Gasteiger partial charge in [0.2, 0.25) is 6.79 Å². The molecule has 0 atom stereocenters. The third-order valence-electron chi connectivity index (χ3n) is 20.8. The minimum Gasteiger partial charge on any atom is -0.497 e. The zero-order valence-electron chi connectivity index (χ0n) is 78.2. The molecule has 35 heteroatoms. The molecule has 0 amide bonds. The fourth-order valence-corrected chi connectivity index (χ4v) is 13.9. The standard InChI is InChI=1S/C19H16N2O2.C18H13ClN2O.C18H14N2O.C13H11N3.C12H8ClF3N2.C12H9F3N2.C12H10N2O2.C9H7N3O3/c1-23-18-11-8-16(9-12-18)19(22)21-14-13-17(20-21)10-7-15-5-3-2-4-6-15;19-17-9-5-4-8-16(17)18(22)21-13-12-15(20-21)11-10-14-6-2-1-3-7-14;21-18(16-9-5-2-6-10-16)20-14-13-17(19-20)12-11-15-7-3-1-4-8-15;1-2-4-13-10(3-1)9-12(15-13)6-5-11-7-8-14-16-11;13-11-7-9(12(14,15)16)3-1-8(11)2-4-10-5-6-17-18-10;13-12(14,15)11-4-2-1-3-9(11)5-6-10-7-8-16-17-10;1-2-9(4-5-10-6-7-13-14-10)12-11(3-1)15-8-16-12;13-12(14)9-4-3-8(15-9)2-1-7-5-6-10-11-7/h2-14H,1H3;1-13H;1-14H;1-9,15H,(H,14,16);1-7H,(H,17,18);1-8H,(H,16,17);1-7H,8H2,(H,13,14);1-6H,(H,10,11)/b10-7+;11-10+;12-11+;6-5+;4-2+;6-5+;5-4+;2-1+. The normalized spacial score (nSPS) is 11.5. The van der Waals surface area contributed by atoms with E-state index in [2.05, 4.69) is 89.5 Å². The Kier molecular flexibility index (Phi) is 37.3. The number of nitrogens with one attached hydrogen (secondary N) is 6. The van der Waals surface area contributed by atoms with Gasteiger partial charge in [0.25, 0.3) is 17.7 Å². The molecule has 0 spiro atoms. The van der Waals surface area contributed by atoms with Crippen LogP contribution < -0.4 is 14.2 Å². The van der Waals surface area contributed by atoms with Gasteiger partial charge in [0.05, 0.1) is 80.4 Å². The Labute approximate surface area is 852 Å². The Hall–Kier alpha value is -19.4. The van der Waals surface area contributed by atoms with Gasteiger partial charge in [-0.3, -0.25) is 50.0 Å². The number of H-pyrrole nitrogens is 6. The number of halogens is 8. The summed E-state index contributed by atoms with van der Waals surface area (Å²) in [7, 11) is 1.59. The number of rotatable bonds is 21. The average Bonchev–Trinajstić information content (AvgIpc) is 1.79. The van der Waals surface area contributed by atoms with Gasteiger partial charge in [-0.2, -0.15) is 67.1 Å². The Morgan fingerprint density at radius 3 is 1.28 bits per heavy atom. The highest BCUT2D eigenvalue weighted by Gasteiger charge is 2.33. The zero-order valence-corrected chi connectivity index (χ0v) is 79.7. The minimum absolute atomic E-state index is 0.0561. The van der Waals surface area contributed by atoms with Crippen molar-refractivity contribution >= 4 is 155 Å². The van der Waals surface area contributed by atoms with Gasteiger partial charge in [-0.25, -0.2) is 14.0 Å². The fraction of sp³-hybridized carbons (Fsp3) is 0.0354. The van der Waals surface area contributed by atoms with Gasteiger partial charge in [-0.1, -0.05) is 230 Å². The Balaban J connectivity index is 0.000000134. The van der Waals surface area contributed by atoms with Crippen LogP contribution in [0.15, 0.2) is 376 Å². The van der Waals surface area contributed by atoms with Gasteiger partial charge in [-0.05, 0) is 240 Å². The predicted molar refractivity (Wildman–Crippen MR) is 565 cm³/mol. The molecule has 0 saturated heterocycles. The number of methoxy groups -OCH3 is 1. The predicted octanol–water partition coefficient (Wildman–Crippen LogP) is 27.2. The van der Waals surface area contributed by atoms with E-state index in [0.29, 0.717) is 57.0 Å². The van der Waals surface area contributed by atoms with Crippen molar-refractivity contribution in [2.24, 2.45) is 0 Å². The Morgan fingerprint density at radius 1 is 0.385 bits per heavy atom. The van der Waals surface area contributed by atoms with Crippen LogP contribution in [0.3, 0.4) is 0 Å². The first-order chi connectivity index (χ1) is 72.0. The van der Waals surface area contributed by atoms with Crippen LogP contribution in [-0.4, -0.2) is 122 Å². The summed E-state index contributed by atoms with van der Waals surface area (Å²) in [4.78, 5) is 50.0. The number of fused-ring (bicyclic) bond motifs is 2. The van der Waals surface area contributed by atoms with Gasteiger partial charge in [-0.15, -0.1) is 0 Å². The number of ether oxygens (including phenoxy) is 3. The molecule has 27 nitrogen and oxygen atoms in total. The maximum atomic E-state index is 12.7. The Morgan fingerprint density at radius 2 is 0.818 bits per heavy atom. The lowest BCUT2D eigenvalue weighted by molar-refractivity contribution is -0.402. The smallest absolute Gasteiger partial charge is 0.433 e. The van der Waals surface area contributed by atoms with Crippen LogP contribution in [0.5, 0.6) is 17.2 Å². The molecule has 10 aromatic heterocycles. The Bertz CT molecular complexity index is 7840. The summed E-state index contributed by atoms with van der Waals surface area (Å²) in [5.74, 6) is 1.93. The van der Waals surface area contributed by atoms with Crippen molar-refractivity contribution in [2.75, 3.05) is 13.9 Å². The van der Waals surface area contributed by atoms with Crippen LogP contribution in [-0.2, 0) is 12.4 Å². The second-order valence-electron chi connectivity index (χ2n) is 31.1. The topological polar surface area (TPSA) is 348 Å². The average molecular weight is 2030 g/mol. The van der Waals surface area contributed by atoms with Crippen molar-refractivity contribution in [3.63, 3.8) is 0 Å². The van der Waals surface area contributed by atoms with Crippen molar-refractivity contribution in [1.82, 2.24) is 85.3 Å². The van der Waals surface area contributed by atoms with E-state index in [4.69, 9.17) is 41.8 Å². The molecular formula is C113H88Cl2F6N18O9. The quantitative estimate of drug-likeness (QED) is 0.0221. The number of carbonyl (C=O) groups is 3. The summed E-state index contributed by atoms with van der Waals surface area (Å²) in [6.07, 6.45) is 33.5. The van der Waals surface area contributed by atoms with Gasteiger partial charge < -0.3 is 23.6 Å². The van der Waals surface area contributed by atoms with Crippen molar-refractivity contribution < 1.29 is 64.3 Å². The number of hydrogen-bond donors (Lipinski definition) is 6. The molecule has 740 valence electrons. The third kappa shape index (κ3) is 32.1. The SMILES string of the molecule is C(=C\c1cc2ccccc2[nH]1)/c1ccn[nH]1.C(=C\c1cccc2c1OCO2)/c1ccn[nH]1.COc1ccc(C(=O)n2ccc(/C=C/c3ccccc3)n2)cc1.FC(F)(F)c1ccc(/C=C/c2ccn[nH]2)c(Cl)c1.FC(F)(F)c1ccccc1/C=C/c1ccn[nH]1.O=C(c1ccccc1)n1ccc(/C=C/c2ccccc2)n1.O=C(c1ccccc1Cl)n1ccc(/C=C/c2ccccc2)n1.O=[N+]([O-])c1ccc(/C=C/c2ccn[nH]2)o1. The summed E-state index contributed by atoms with van der Waals surface area (Å²) < 4.78 is 99.9. The van der Waals surface area contributed by atoms with E-state index in [1.165, 1.54) is 62.0 Å². The zero-order chi connectivity index (χ0) is 104. The number of hydrogen-bond acceptors (Lipinski definition) is 17. The number of carbonyl (C=O) groups excluding carboxylic acids is 3. The highest BCUT2D eigenvalue weighted by molar-refractivity contribution is 6.34. The fourth-order valence-electron chi connectivity index (χ4n) is 13.4. The number of aromatic nitrogens is 17. The van der Waals surface area contributed by atoms with E-state index in [9.17, 15) is 50.8 Å². The highest BCUT2D eigenvalue weighted by atomic mass is 35.5. The lowest BCUT2D eigenvalue weighted by Gasteiger charge is -2.09. The number of furan rings is 1. The van der Waals surface area contributed by atoms with E-state index in [0.717, 1.165) is 97.3 Å². The molecule has 1 aliphatic rings. The second kappa shape index (κ2) is 52.9. The second-order valence-corrected chi connectivity index (χ2v) is 32.0. The maximum absolute atomic E-state index is 12.7. The molecule has 148 heavy (non-hydrogen) atoms.